The number of hydrogen-bond acceptors (Lipinski definition) is 5. The molecule has 3 aromatic rings. The number of fused-ring (bicyclic) bond motifs is 1. The van der Waals surface area contributed by atoms with Crippen LogP contribution in [-0.4, -0.2) is 47.5 Å². The number of sulfonamides is 1. The molecule has 7 nitrogen and oxygen atoms in total. The summed E-state index contributed by atoms with van der Waals surface area (Å²) >= 11 is 0. The van der Waals surface area contributed by atoms with E-state index in [0.29, 0.717) is 24.8 Å². The van der Waals surface area contributed by atoms with E-state index in [1.165, 1.54) is 7.11 Å². The van der Waals surface area contributed by atoms with Gasteiger partial charge in [0, 0.05) is 38.3 Å². The van der Waals surface area contributed by atoms with Gasteiger partial charge in [-0.2, -0.15) is 4.31 Å². The van der Waals surface area contributed by atoms with Gasteiger partial charge in [-0.25, -0.2) is 18.4 Å². The van der Waals surface area contributed by atoms with Crippen LogP contribution in [0.2, 0.25) is 0 Å². The molecule has 0 amide bonds. The van der Waals surface area contributed by atoms with Crippen molar-refractivity contribution < 1.29 is 13.2 Å². The van der Waals surface area contributed by atoms with Crippen LogP contribution < -0.4 is 4.74 Å². The molecule has 8 heteroatoms. The van der Waals surface area contributed by atoms with Crippen molar-refractivity contribution >= 4 is 21.2 Å². The van der Waals surface area contributed by atoms with Crippen LogP contribution >= 0.6 is 0 Å². The second kappa shape index (κ2) is 8.35. The van der Waals surface area contributed by atoms with Gasteiger partial charge in [-0.3, -0.25) is 0 Å². The van der Waals surface area contributed by atoms with Crippen molar-refractivity contribution in [2.45, 2.75) is 38.1 Å². The fourth-order valence-corrected chi connectivity index (χ4v) is 5.64. The number of hydrogen-bond donors (Lipinski definition) is 0. The van der Waals surface area contributed by atoms with Crippen LogP contribution in [0.15, 0.2) is 47.5 Å². The van der Waals surface area contributed by atoms with Crippen LogP contribution in [0.1, 0.15) is 26.1 Å². The van der Waals surface area contributed by atoms with E-state index in [4.69, 9.17) is 9.72 Å². The molecule has 0 saturated carbocycles. The Bertz CT molecular complexity index is 1140. The molecule has 3 heterocycles. The third-order valence-corrected chi connectivity index (χ3v) is 7.39. The maximum Gasteiger partial charge on any atom is 0.243 e. The molecule has 0 N–H and O–H groups in total. The van der Waals surface area contributed by atoms with E-state index >= 15 is 0 Å². The van der Waals surface area contributed by atoms with Gasteiger partial charge in [0.15, 0.2) is 5.65 Å². The molecule has 30 heavy (non-hydrogen) atoms. The van der Waals surface area contributed by atoms with Crippen molar-refractivity contribution in [3.05, 3.63) is 48.4 Å². The van der Waals surface area contributed by atoms with Crippen LogP contribution in [0, 0.1) is 11.8 Å². The highest BCUT2D eigenvalue weighted by Gasteiger charge is 2.33. The number of methoxy groups -OCH3 is 1. The van der Waals surface area contributed by atoms with Gasteiger partial charge >= 0.3 is 0 Å². The SMILES string of the molecule is COc1cccc(S(=O)(=O)N2CC[C@H](Cc3nc4cccnc4n3CC(C)C)C2)c1. The molecule has 1 aliphatic heterocycles. The number of pyridine rings is 1. The monoisotopic (exact) mass is 428 g/mol. The van der Waals surface area contributed by atoms with Crippen LogP contribution in [0.4, 0.5) is 0 Å². The van der Waals surface area contributed by atoms with Gasteiger partial charge in [-0.1, -0.05) is 19.9 Å². The Labute approximate surface area is 177 Å². The number of benzene rings is 1. The first-order chi connectivity index (χ1) is 14.4. The number of aromatic nitrogens is 3. The van der Waals surface area contributed by atoms with Gasteiger partial charge in [0.2, 0.25) is 10.0 Å². The Morgan fingerprint density at radius 1 is 1.23 bits per heavy atom. The minimum atomic E-state index is -3.54. The summed E-state index contributed by atoms with van der Waals surface area (Å²) in [7, 11) is -2.00. The Morgan fingerprint density at radius 2 is 2.07 bits per heavy atom. The zero-order valence-electron chi connectivity index (χ0n) is 17.7. The zero-order valence-corrected chi connectivity index (χ0v) is 18.5. The first-order valence-corrected chi connectivity index (χ1v) is 11.8. The lowest BCUT2D eigenvalue weighted by atomic mass is 10.0. The summed E-state index contributed by atoms with van der Waals surface area (Å²) in [5.74, 6) is 2.23. The van der Waals surface area contributed by atoms with E-state index in [1.807, 2.05) is 12.1 Å². The minimum absolute atomic E-state index is 0.230. The van der Waals surface area contributed by atoms with E-state index in [-0.39, 0.29) is 10.8 Å². The highest BCUT2D eigenvalue weighted by Crippen LogP contribution is 2.29. The molecule has 0 aliphatic carbocycles. The smallest absolute Gasteiger partial charge is 0.243 e. The van der Waals surface area contributed by atoms with Gasteiger partial charge in [0.05, 0.1) is 12.0 Å². The molecule has 1 aliphatic rings. The number of ether oxygens (including phenoxy) is 1. The van der Waals surface area contributed by atoms with Crippen molar-refractivity contribution in [3.8, 4) is 5.75 Å². The molecule has 0 radical (unpaired) electrons. The van der Waals surface area contributed by atoms with Gasteiger partial charge < -0.3 is 9.30 Å². The third kappa shape index (κ3) is 4.06. The van der Waals surface area contributed by atoms with Gasteiger partial charge in [-0.15, -0.1) is 0 Å². The molecule has 1 fully saturated rings. The lowest BCUT2D eigenvalue weighted by Gasteiger charge is -2.17. The highest BCUT2D eigenvalue weighted by atomic mass is 32.2. The van der Waals surface area contributed by atoms with Crippen molar-refractivity contribution in [2.75, 3.05) is 20.2 Å². The van der Waals surface area contributed by atoms with Crippen molar-refractivity contribution in [1.29, 1.82) is 0 Å². The van der Waals surface area contributed by atoms with E-state index in [9.17, 15) is 8.42 Å². The Morgan fingerprint density at radius 3 is 2.83 bits per heavy atom. The van der Waals surface area contributed by atoms with Gasteiger partial charge in [0.1, 0.15) is 17.1 Å². The number of imidazole rings is 1. The van der Waals surface area contributed by atoms with Crippen LogP contribution in [-0.2, 0) is 23.0 Å². The van der Waals surface area contributed by atoms with Crippen molar-refractivity contribution in [2.24, 2.45) is 11.8 Å². The average molecular weight is 429 g/mol. The van der Waals surface area contributed by atoms with Crippen molar-refractivity contribution in [1.82, 2.24) is 18.8 Å². The molecule has 0 spiro atoms. The lowest BCUT2D eigenvalue weighted by molar-refractivity contribution is 0.412. The molecule has 0 bridgehead atoms. The molecule has 1 atom stereocenters. The van der Waals surface area contributed by atoms with Crippen LogP contribution in [0.5, 0.6) is 5.75 Å². The molecule has 2 aromatic heterocycles. The molecule has 160 valence electrons. The first-order valence-electron chi connectivity index (χ1n) is 10.3. The molecule has 1 aromatic carbocycles. The highest BCUT2D eigenvalue weighted by molar-refractivity contribution is 7.89. The average Bonchev–Trinajstić information content (AvgIpc) is 3.34. The Kier molecular flexibility index (Phi) is 5.79. The third-order valence-electron chi connectivity index (χ3n) is 5.53. The number of rotatable bonds is 7. The summed E-state index contributed by atoms with van der Waals surface area (Å²) in [5, 5.41) is 0. The fourth-order valence-electron chi connectivity index (χ4n) is 4.07. The van der Waals surface area contributed by atoms with Crippen LogP contribution in [0.25, 0.3) is 11.2 Å². The topological polar surface area (TPSA) is 77.3 Å². The summed E-state index contributed by atoms with van der Waals surface area (Å²) in [6, 6.07) is 10.5. The molecule has 0 unspecified atom stereocenters. The van der Waals surface area contributed by atoms with Crippen molar-refractivity contribution in [3.63, 3.8) is 0 Å². The summed E-state index contributed by atoms with van der Waals surface area (Å²) in [5.41, 5.74) is 1.80. The summed E-state index contributed by atoms with van der Waals surface area (Å²) in [6.07, 6.45) is 3.36. The molecular formula is C22H28N4O3S. The second-order valence-electron chi connectivity index (χ2n) is 8.28. The molecule has 1 saturated heterocycles. The van der Waals surface area contributed by atoms with E-state index in [0.717, 1.165) is 36.4 Å². The first kappa shape index (κ1) is 20.8. The van der Waals surface area contributed by atoms with Gasteiger partial charge in [-0.05, 0) is 42.5 Å². The normalized spacial score (nSPS) is 17.8. The van der Waals surface area contributed by atoms with E-state index in [2.05, 4.69) is 23.4 Å². The van der Waals surface area contributed by atoms with Gasteiger partial charge in [0.25, 0.3) is 0 Å². The predicted octanol–water partition coefficient (Wildman–Crippen LogP) is 3.35. The minimum Gasteiger partial charge on any atom is -0.497 e. The largest absolute Gasteiger partial charge is 0.497 e. The van der Waals surface area contributed by atoms with E-state index < -0.39 is 10.0 Å². The zero-order chi connectivity index (χ0) is 21.3. The van der Waals surface area contributed by atoms with E-state index in [1.54, 1.807) is 34.8 Å². The summed E-state index contributed by atoms with van der Waals surface area (Å²) in [4.78, 5) is 9.61. The number of nitrogens with zero attached hydrogens (tertiary/aromatic N) is 4. The Balaban J connectivity index is 1.54. The fraction of sp³-hybridized carbons (Fsp3) is 0.455. The molecular weight excluding hydrogens is 400 g/mol. The summed E-state index contributed by atoms with van der Waals surface area (Å²) < 4.78 is 35.2. The quantitative estimate of drug-likeness (QED) is 0.577. The standard InChI is InChI=1S/C22H28N4O3S/c1-16(2)14-26-21(24-20-8-5-10-23-22(20)26)12-17-9-11-25(15-17)30(27,28)19-7-4-6-18(13-19)29-3/h4-8,10,13,16-17H,9,11-12,14-15H2,1-3H3/t17-/m1/s1. The maximum atomic E-state index is 13.1. The maximum absolute atomic E-state index is 13.1. The summed E-state index contributed by atoms with van der Waals surface area (Å²) in [6.45, 7) is 6.22. The second-order valence-corrected chi connectivity index (χ2v) is 10.2. The predicted molar refractivity (Wildman–Crippen MR) is 116 cm³/mol. The Hall–Kier alpha value is -2.45. The molecule has 4 rings (SSSR count). The lowest BCUT2D eigenvalue weighted by Crippen LogP contribution is -2.29. The van der Waals surface area contributed by atoms with Crippen LogP contribution in [0.3, 0.4) is 0 Å².